The predicted molar refractivity (Wildman–Crippen MR) is 71.7 cm³/mol. The van der Waals surface area contributed by atoms with Crippen molar-refractivity contribution >= 4 is 17.4 Å². The lowest BCUT2D eigenvalue weighted by Crippen LogP contribution is -2.38. The number of halogens is 1. The number of aryl methyl sites for hydroxylation is 1. The summed E-state index contributed by atoms with van der Waals surface area (Å²) in [6.45, 7) is 10.7. The summed E-state index contributed by atoms with van der Waals surface area (Å²) in [5.41, 5.74) is 1.45. The standard InChI is InChI=1S/C13H20ClN3/c1-9-11(14)15-10(2)16-12(9)17-7-5-13(3,4)6-8-17/h5-8H2,1-4H3. The van der Waals surface area contributed by atoms with Gasteiger partial charge in [0.15, 0.2) is 0 Å². The zero-order chi connectivity index (χ0) is 12.6. The van der Waals surface area contributed by atoms with Gasteiger partial charge in [0.1, 0.15) is 16.8 Å². The van der Waals surface area contributed by atoms with Crippen LogP contribution in [0.3, 0.4) is 0 Å². The fourth-order valence-corrected chi connectivity index (χ4v) is 2.42. The summed E-state index contributed by atoms with van der Waals surface area (Å²) in [6.07, 6.45) is 2.40. The van der Waals surface area contributed by atoms with Crippen molar-refractivity contribution in [2.24, 2.45) is 5.41 Å². The molecule has 0 unspecified atom stereocenters. The molecule has 2 heterocycles. The lowest BCUT2D eigenvalue weighted by atomic mass is 9.82. The molecular formula is C13H20ClN3. The van der Waals surface area contributed by atoms with Crippen molar-refractivity contribution < 1.29 is 0 Å². The third kappa shape index (κ3) is 2.71. The van der Waals surface area contributed by atoms with E-state index in [9.17, 15) is 0 Å². The van der Waals surface area contributed by atoms with Crippen molar-refractivity contribution in [2.75, 3.05) is 18.0 Å². The molecule has 0 N–H and O–H groups in total. The van der Waals surface area contributed by atoms with Crippen molar-refractivity contribution in [2.45, 2.75) is 40.5 Å². The molecule has 1 saturated heterocycles. The van der Waals surface area contributed by atoms with Crippen molar-refractivity contribution in [3.63, 3.8) is 0 Å². The van der Waals surface area contributed by atoms with Gasteiger partial charge in [-0.05, 0) is 32.1 Å². The van der Waals surface area contributed by atoms with Gasteiger partial charge in [0, 0.05) is 18.7 Å². The second kappa shape index (κ2) is 4.45. The molecule has 0 spiro atoms. The maximum atomic E-state index is 6.12. The Morgan fingerprint density at radius 1 is 1.12 bits per heavy atom. The van der Waals surface area contributed by atoms with Gasteiger partial charge in [-0.1, -0.05) is 25.4 Å². The van der Waals surface area contributed by atoms with Crippen LogP contribution in [-0.4, -0.2) is 23.1 Å². The molecule has 17 heavy (non-hydrogen) atoms. The van der Waals surface area contributed by atoms with Gasteiger partial charge < -0.3 is 4.90 Å². The first kappa shape index (κ1) is 12.6. The Balaban J connectivity index is 2.24. The average Bonchev–Trinajstić information content (AvgIpc) is 2.24. The van der Waals surface area contributed by atoms with E-state index in [2.05, 4.69) is 28.7 Å². The smallest absolute Gasteiger partial charge is 0.137 e. The molecule has 0 atom stereocenters. The number of piperidine rings is 1. The highest BCUT2D eigenvalue weighted by atomic mass is 35.5. The number of nitrogens with zero attached hydrogens (tertiary/aromatic N) is 3. The molecule has 4 heteroatoms. The van der Waals surface area contributed by atoms with E-state index in [1.807, 2.05) is 13.8 Å². The molecule has 2 rings (SSSR count). The Kier molecular flexibility index (Phi) is 3.30. The Bertz CT molecular complexity index is 419. The Hall–Kier alpha value is -0.830. The number of anilines is 1. The van der Waals surface area contributed by atoms with Crippen LogP contribution >= 0.6 is 11.6 Å². The van der Waals surface area contributed by atoms with Crippen LogP contribution < -0.4 is 4.90 Å². The highest BCUT2D eigenvalue weighted by Crippen LogP contribution is 2.33. The van der Waals surface area contributed by atoms with Crippen molar-refractivity contribution in [1.29, 1.82) is 0 Å². The van der Waals surface area contributed by atoms with Crippen LogP contribution in [0, 0.1) is 19.3 Å². The molecule has 1 aliphatic rings. The minimum Gasteiger partial charge on any atom is -0.356 e. The molecule has 0 aliphatic carbocycles. The monoisotopic (exact) mass is 253 g/mol. The van der Waals surface area contributed by atoms with Gasteiger partial charge in [-0.15, -0.1) is 0 Å². The summed E-state index contributed by atoms with van der Waals surface area (Å²) >= 11 is 6.12. The van der Waals surface area contributed by atoms with Gasteiger partial charge in [-0.2, -0.15) is 0 Å². The number of aromatic nitrogens is 2. The summed E-state index contributed by atoms with van der Waals surface area (Å²) in [7, 11) is 0. The third-order valence-electron chi connectivity index (χ3n) is 3.59. The maximum absolute atomic E-state index is 6.12. The van der Waals surface area contributed by atoms with Gasteiger partial charge in [-0.3, -0.25) is 0 Å². The molecule has 1 aromatic rings. The molecule has 0 radical (unpaired) electrons. The van der Waals surface area contributed by atoms with Gasteiger partial charge in [0.05, 0.1) is 0 Å². The maximum Gasteiger partial charge on any atom is 0.137 e. The molecule has 94 valence electrons. The molecule has 0 bridgehead atoms. The summed E-state index contributed by atoms with van der Waals surface area (Å²) in [5, 5.41) is 0.581. The molecule has 1 aliphatic heterocycles. The van der Waals surface area contributed by atoms with Crippen LogP contribution in [0.5, 0.6) is 0 Å². The molecule has 0 aromatic carbocycles. The van der Waals surface area contributed by atoms with Crippen molar-refractivity contribution in [3.8, 4) is 0 Å². The van der Waals surface area contributed by atoms with E-state index >= 15 is 0 Å². The lowest BCUT2D eigenvalue weighted by molar-refractivity contribution is 0.279. The zero-order valence-electron chi connectivity index (χ0n) is 11.0. The highest BCUT2D eigenvalue weighted by molar-refractivity contribution is 6.30. The normalized spacial score (nSPS) is 19.5. The molecular weight excluding hydrogens is 234 g/mol. The van der Waals surface area contributed by atoms with E-state index in [0.717, 1.165) is 30.3 Å². The summed E-state index contributed by atoms with van der Waals surface area (Å²) in [6, 6.07) is 0. The molecule has 0 saturated carbocycles. The van der Waals surface area contributed by atoms with Gasteiger partial charge >= 0.3 is 0 Å². The molecule has 3 nitrogen and oxygen atoms in total. The fraction of sp³-hybridized carbons (Fsp3) is 0.692. The van der Waals surface area contributed by atoms with E-state index in [1.54, 1.807) is 0 Å². The first-order valence-electron chi connectivity index (χ1n) is 6.15. The zero-order valence-corrected chi connectivity index (χ0v) is 11.8. The van der Waals surface area contributed by atoms with Gasteiger partial charge in [0.25, 0.3) is 0 Å². The average molecular weight is 254 g/mol. The van der Waals surface area contributed by atoms with Gasteiger partial charge in [0.2, 0.25) is 0 Å². The van der Waals surface area contributed by atoms with E-state index in [-0.39, 0.29) is 0 Å². The molecule has 1 aromatic heterocycles. The second-order valence-electron chi connectivity index (χ2n) is 5.66. The van der Waals surface area contributed by atoms with Crippen LogP contribution in [0.2, 0.25) is 5.15 Å². The predicted octanol–water partition coefficient (Wildman–Crippen LogP) is 3.37. The first-order chi connectivity index (χ1) is 7.89. The van der Waals surface area contributed by atoms with E-state index in [4.69, 9.17) is 11.6 Å². The Morgan fingerprint density at radius 2 is 1.71 bits per heavy atom. The molecule has 0 amide bonds. The van der Waals surface area contributed by atoms with E-state index < -0.39 is 0 Å². The molecule has 1 fully saturated rings. The van der Waals surface area contributed by atoms with Crippen LogP contribution in [-0.2, 0) is 0 Å². The van der Waals surface area contributed by atoms with Crippen molar-refractivity contribution in [1.82, 2.24) is 9.97 Å². The quantitative estimate of drug-likeness (QED) is 0.719. The highest BCUT2D eigenvalue weighted by Gasteiger charge is 2.27. The minimum atomic E-state index is 0.455. The first-order valence-corrected chi connectivity index (χ1v) is 6.52. The largest absolute Gasteiger partial charge is 0.356 e. The summed E-state index contributed by atoms with van der Waals surface area (Å²) in [5.74, 6) is 1.76. The number of hydrogen-bond donors (Lipinski definition) is 0. The minimum absolute atomic E-state index is 0.455. The van der Waals surface area contributed by atoms with Crippen LogP contribution in [0.4, 0.5) is 5.82 Å². The Labute approximate surface area is 108 Å². The second-order valence-corrected chi connectivity index (χ2v) is 6.02. The number of rotatable bonds is 1. The topological polar surface area (TPSA) is 29.0 Å². The summed E-state index contributed by atoms with van der Waals surface area (Å²) < 4.78 is 0. The van der Waals surface area contributed by atoms with Crippen molar-refractivity contribution in [3.05, 3.63) is 16.5 Å². The number of hydrogen-bond acceptors (Lipinski definition) is 3. The van der Waals surface area contributed by atoms with Crippen LogP contribution in [0.25, 0.3) is 0 Å². The van der Waals surface area contributed by atoms with E-state index in [0.29, 0.717) is 10.6 Å². The van der Waals surface area contributed by atoms with Crippen LogP contribution in [0.15, 0.2) is 0 Å². The van der Waals surface area contributed by atoms with Gasteiger partial charge in [-0.25, -0.2) is 9.97 Å². The van der Waals surface area contributed by atoms with E-state index in [1.165, 1.54) is 12.8 Å². The lowest BCUT2D eigenvalue weighted by Gasteiger charge is -2.38. The van der Waals surface area contributed by atoms with Crippen LogP contribution in [0.1, 0.15) is 38.1 Å². The fourth-order valence-electron chi connectivity index (χ4n) is 2.21. The Morgan fingerprint density at radius 3 is 2.29 bits per heavy atom. The third-order valence-corrected chi connectivity index (χ3v) is 3.96. The summed E-state index contributed by atoms with van der Waals surface area (Å²) in [4.78, 5) is 11.1. The SMILES string of the molecule is Cc1nc(Cl)c(C)c(N2CCC(C)(C)CC2)n1.